The highest BCUT2D eigenvalue weighted by Crippen LogP contribution is 2.13. The van der Waals surface area contributed by atoms with E-state index in [2.05, 4.69) is 11.8 Å². The molecule has 1 aromatic rings. The largest absolute Gasteiger partial charge is 0.320 e. The van der Waals surface area contributed by atoms with Crippen molar-refractivity contribution in [2.75, 3.05) is 6.54 Å². The fraction of sp³-hybridized carbons (Fsp3) is 0.100. The van der Waals surface area contributed by atoms with E-state index in [1.165, 1.54) is 6.07 Å². The Hall–Kier alpha value is -1.91. The number of hydrogen-bond donors (Lipinski definition) is 1. The van der Waals surface area contributed by atoms with E-state index in [9.17, 15) is 8.78 Å². The number of nitriles is 1. The van der Waals surface area contributed by atoms with E-state index < -0.39 is 11.6 Å². The second-order valence-corrected chi connectivity index (χ2v) is 2.43. The summed E-state index contributed by atoms with van der Waals surface area (Å²) in [5, 5.41) is 8.40. The Bertz CT molecular complexity index is 450. The lowest BCUT2D eigenvalue weighted by atomic mass is 10.1. The van der Waals surface area contributed by atoms with Gasteiger partial charge in [0, 0.05) is 0 Å². The normalized spacial score (nSPS) is 8.71. The van der Waals surface area contributed by atoms with E-state index in [1.54, 1.807) is 0 Å². The zero-order chi connectivity index (χ0) is 10.6. The summed E-state index contributed by atoms with van der Waals surface area (Å²) < 4.78 is 26.0. The SMILES string of the molecule is N#Cc1cc(F)c(C#CCN)cc1F. The molecule has 0 aliphatic heterocycles. The van der Waals surface area contributed by atoms with Crippen molar-refractivity contribution in [3.63, 3.8) is 0 Å². The number of halogens is 2. The molecule has 1 aromatic carbocycles. The second kappa shape index (κ2) is 4.36. The minimum absolute atomic E-state index is 0.0705. The topological polar surface area (TPSA) is 49.8 Å². The number of hydrogen-bond acceptors (Lipinski definition) is 2. The Morgan fingerprint density at radius 3 is 2.36 bits per heavy atom. The van der Waals surface area contributed by atoms with Crippen LogP contribution < -0.4 is 5.73 Å². The van der Waals surface area contributed by atoms with Crippen LogP contribution in [0.5, 0.6) is 0 Å². The Morgan fingerprint density at radius 2 is 1.79 bits per heavy atom. The van der Waals surface area contributed by atoms with Crippen molar-refractivity contribution in [1.29, 1.82) is 5.26 Å². The van der Waals surface area contributed by atoms with Crippen LogP contribution in [0.3, 0.4) is 0 Å². The lowest BCUT2D eigenvalue weighted by Crippen LogP contribution is -1.95. The number of nitrogens with two attached hydrogens (primary N) is 1. The minimum Gasteiger partial charge on any atom is -0.320 e. The van der Waals surface area contributed by atoms with Crippen molar-refractivity contribution in [3.05, 3.63) is 34.9 Å². The average Bonchev–Trinajstić information content (AvgIpc) is 2.18. The van der Waals surface area contributed by atoms with Gasteiger partial charge in [0.15, 0.2) is 0 Å². The zero-order valence-electron chi connectivity index (χ0n) is 7.14. The van der Waals surface area contributed by atoms with E-state index in [0.29, 0.717) is 0 Å². The molecule has 1 rings (SSSR count). The van der Waals surface area contributed by atoms with Crippen molar-refractivity contribution in [3.8, 4) is 17.9 Å². The van der Waals surface area contributed by atoms with Gasteiger partial charge in [-0.3, -0.25) is 0 Å². The van der Waals surface area contributed by atoms with Crippen molar-refractivity contribution < 1.29 is 8.78 Å². The minimum atomic E-state index is -0.782. The summed E-state index contributed by atoms with van der Waals surface area (Å²) in [5.41, 5.74) is 4.66. The van der Waals surface area contributed by atoms with Gasteiger partial charge in [-0.1, -0.05) is 11.8 Å². The molecular weight excluding hydrogens is 186 g/mol. The first kappa shape index (κ1) is 10.2. The van der Waals surface area contributed by atoms with Gasteiger partial charge in [-0.2, -0.15) is 5.26 Å². The van der Waals surface area contributed by atoms with Gasteiger partial charge in [-0.15, -0.1) is 0 Å². The van der Waals surface area contributed by atoms with Crippen LogP contribution in [0.2, 0.25) is 0 Å². The van der Waals surface area contributed by atoms with Crippen LogP contribution in [-0.2, 0) is 0 Å². The van der Waals surface area contributed by atoms with E-state index in [1.807, 2.05) is 0 Å². The molecule has 0 aliphatic carbocycles. The van der Waals surface area contributed by atoms with Gasteiger partial charge in [0.05, 0.1) is 17.7 Å². The van der Waals surface area contributed by atoms with Crippen LogP contribution in [-0.4, -0.2) is 6.54 Å². The van der Waals surface area contributed by atoms with Crippen molar-refractivity contribution >= 4 is 0 Å². The molecule has 2 N–H and O–H groups in total. The van der Waals surface area contributed by atoms with E-state index in [-0.39, 0.29) is 17.7 Å². The number of benzene rings is 1. The van der Waals surface area contributed by atoms with Crippen molar-refractivity contribution in [2.45, 2.75) is 0 Å². The quantitative estimate of drug-likeness (QED) is 0.627. The predicted octanol–water partition coefficient (Wildman–Crippen LogP) is 1.15. The van der Waals surface area contributed by atoms with Gasteiger partial charge >= 0.3 is 0 Å². The Labute approximate surface area is 80.0 Å². The maximum absolute atomic E-state index is 13.1. The Balaban J connectivity index is 3.23. The third kappa shape index (κ3) is 2.07. The van der Waals surface area contributed by atoms with Crippen LogP contribution >= 0.6 is 0 Å². The molecule has 0 saturated heterocycles. The first-order chi connectivity index (χ1) is 6.69. The van der Waals surface area contributed by atoms with Gasteiger partial charge in [-0.25, -0.2) is 8.78 Å². The molecule has 0 atom stereocenters. The molecule has 14 heavy (non-hydrogen) atoms. The maximum atomic E-state index is 13.1. The molecule has 0 saturated carbocycles. The molecule has 2 nitrogen and oxygen atoms in total. The summed E-state index contributed by atoms with van der Waals surface area (Å²) in [6.45, 7) is 0.0705. The fourth-order valence-corrected chi connectivity index (χ4v) is 0.875. The van der Waals surface area contributed by atoms with Crippen molar-refractivity contribution in [2.24, 2.45) is 5.73 Å². The third-order valence-corrected chi connectivity index (χ3v) is 1.50. The Kier molecular flexibility index (Phi) is 3.17. The van der Waals surface area contributed by atoms with E-state index in [0.717, 1.165) is 12.1 Å². The molecule has 0 fully saturated rings. The maximum Gasteiger partial charge on any atom is 0.142 e. The average molecular weight is 192 g/mol. The highest BCUT2D eigenvalue weighted by molar-refractivity contribution is 5.42. The van der Waals surface area contributed by atoms with Gasteiger partial charge < -0.3 is 5.73 Å². The van der Waals surface area contributed by atoms with Crippen LogP contribution in [0.15, 0.2) is 12.1 Å². The molecule has 70 valence electrons. The molecule has 0 bridgehead atoms. The Morgan fingerprint density at radius 1 is 1.21 bits per heavy atom. The summed E-state index contributed by atoms with van der Waals surface area (Å²) in [5.74, 6) is 3.26. The van der Waals surface area contributed by atoms with Crippen LogP contribution in [0, 0.1) is 34.8 Å². The summed E-state index contributed by atoms with van der Waals surface area (Å²) in [4.78, 5) is 0. The lowest BCUT2D eigenvalue weighted by Gasteiger charge is -1.96. The molecule has 0 radical (unpaired) electrons. The van der Waals surface area contributed by atoms with Crippen LogP contribution in [0.1, 0.15) is 11.1 Å². The summed E-state index contributed by atoms with van der Waals surface area (Å²) in [7, 11) is 0. The molecule has 4 heteroatoms. The van der Waals surface area contributed by atoms with Crippen LogP contribution in [0.4, 0.5) is 8.78 Å². The lowest BCUT2D eigenvalue weighted by molar-refractivity contribution is 0.594. The summed E-state index contributed by atoms with van der Waals surface area (Å²) in [6, 6.07) is 3.23. The third-order valence-electron chi connectivity index (χ3n) is 1.50. The number of rotatable bonds is 0. The van der Waals surface area contributed by atoms with Gasteiger partial charge in [0.2, 0.25) is 0 Å². The van der Waals surface area contributed by atoms with Gasteiger partial charge in [0.25, 0.3) is 0 Å². The molecule has 0 unspecified atom stereocenters. The molecule has 0 aliphatic rings. The monoisotopic (exact) mass is 192 g/mol. The summed E-state index contributed by atoms with van der Waals surface area (Å²) in [6.07, 6.45) is 0. The zero-order valence-corrected chi connectivity index (χ0v) is 7.14. The second-order valence-electron chi connectivity index (χ2n) is 2.43. The summed E-state index contributed by atoms with van der Waals surface area (Å²) >= 11 is 0. The highest BCUT2D eigenvalue weighted by atomic mass is 19.1. The van der Waals surface area contributed by atoms with E-state index >= 15 is 0 Å². The molecule has 0 spiro atoms. The standard InChI is InChI=1S/C10H6F2N2/c11-9-5-8(6-14)10(12)4-7(9)2-1-3-13/h4-5H,3,13H2. The van der Waals surface area contributed by atoms with Gasteiger partial charge in [0.1, 0.15) is 17.7 Å². The predicted molar refractivity (Wildman–Crippen MR) is 47.0 cm³/mol. The first-order valence-corrected chi connectivity index (χ1v) is 3.77. The van der Waals surface area contributed by atoms with Crippen molar-refractivity contribution in [1.82, 2.24) is 0 Å². The molecule has 0 heterocycles. The smallest absolute Gasteiger partial charge is 0.142 e. The molecule has 0 amide bonds. The number of nitrogens with zero attached hydrogens (tertiary/aromatic N) is 1. The van der Waals surface area contributed by atoms with Gasteiger partial charge in [-0.05, 0) is 12.1 Å². The first-order valence-electron chi connectivity index (χ1n) is 3.77. The van der Waals surface area contributed by atoms with Crippen LogP contribution in [0.25, 0.3) is 0 Å². The fourth-order valence-electron chi connectivity index (χ4n) is 0.875. The molecule has 0 aromatic heterocycles. The molecular formula is C10H6F2N2. The van der Waals surface area contributed by atoms with E-state index in [4.69, 9.17) is 11.0 Å². The highest BCUT2D eigenvalue weighted by Gasteiger charge is 2.07.